The van der Waals surface area contributed by atoms with Gasteiger partial charge in [0.1, 0.15) is 22.1 Å². The maximum Gasteiger partial charge on any atom is 0.297 e. The summed E-state index contributed by atoms with van der Waals surface area (Å²) in [6.45, 7) is 8.06. The molecule has 2 aromatic heterocycles. The molecular weight excluding hydrogens is 454 g/mol. The van der Waals surface area contributed by atoms with E-state index in [1.54, 1.807) is 18.2 Å². The molecule has 9 heteroatoms. The lowest BCUT2D eigenvalue weighted by molar-refractivity contribution is 0.0970. The summed E-state index contributed by atoms with van der Waals surface area (Å²) in [5.74, 6) is 0.846. The van der Waals surface area contributed by atoms with Crippen molar-refractivity contribution in [2.24, 2.45) is 0 Å². The van der Waals surface area contributed by atoms with E-state index in [-0.39, 0.29) is 22.9 Å². The van der Waals surface area contributed by atoms with Crippen LogP contribution in [0.2, 0.25) is 0 Å². The van der Waals surface area contributed by atoms with Gasteiger partial charge >= 0.3 is 0 Å². The fourth-order valence-corrected chi connectivity index (χ4v) is 4.82. The second-order valence-corrected chi connectivity index (χ2v) is 9.34. The number of fused-ring (bicyclic) bond motifs is 2. The summed E-state index contributed by atoms with van der Waals surface area (Å²) in [5.41, 5.74) is 1.07. The summed E-state index contributed by atoms with van der Waals surface area (Å²) in [5, 5.41) is 9.76. The van der Waals surface area contributed by atoms with Crippen molar-refractivity contribution >= 4 is 33.3 Å². The summed E-state index contributed by atoms with van der Waals surface area (Å²) < 4.78 is 17.3. The maximum absolute atomic E-state index is 13.7. The summed E-state index contributed by atoms with van der Waals surface area (Å²) in [6.07, 6.45) is 0.0282. The van der Waals surface area contributed by atoms with Gasteiger partial charge in [0.15, 0.2) is 5.43 Å². The highest BCUT2D eigenvalue weighted by molar-refractivity contribution is 7.15. The Morgan fingerprint density at radius 1 is 1.09 bits per heavy atom. The highest BCUT2D eigenvalue weighted by Gasteiger charge is 2.45. The molecule has 0 spiro atoms. The largest absolute Gasteiger partial charge is 0.494 e. The van der Waals surface area contributed by atoms with Crippen molar-refractivity contribution in [2.45, 2.75) is 39.8 Å². The Balaban J connectivity index is 1.70. The zero-order chi connectivity index (χ0) is 24.0. The number of hydrogen-bond donors (Lipinski definition) is 0. The molecule has 1 unspecified atom stereocenters. The monoisotopic (exact) mass is 477 g/mol. The number of aromatic nitrogens is 2. The van der Waals surface area contributed by atoms with Crippen molar-refractivity contribution in [1.82, 2.24) is 10.2 Å². The van der Waals surface area contributed by atoms with Crippen LogP contribution in [0.5, 0.6) is 11.5 Å². The summed E-state index contributed by atoms with van der Waals surface area (Å²) in [6, 6.07) is 11.7. The van der Waals surface area contributed by atoms with Gasteiger partial charge in [-0.2, -0.15) is 0 Å². The molecule has 4 aromatic rings. The molecule has 0 radical (unpaired) electrons. The summed E-state index contributed by atoms with van der Waals surface area (Å²) >= 11 is 1.28. The second-order valence-electron chi connectivity index (χ2n) is 8.18. The first-order valence-corrected chi connectivity index (χ1v) is 11.8. The number of carbonyl (C=O) groups is 1. The first-order chi connectivity index (χ1) is 16.4. The fraction of sp³-hybridized carbons (Fsp3) is 0.280. The first kappa shape index (κ1) is 22.1. The third-order valence-electron chi connectivity index (χ3n) is 5.44. The predicted octanol–water partition coefficient (Wildman–Crippen LogP) is 4.89. The minimum atomic E-state index is -0.699. The molecule has 0 saturated carbocycles. The zero-order valence-corrected chi connectivity index (χ0v) is 20.0. The van der Waals surface area contributed by atoms with Crippen LogP contribution in [0, 0.1) is 6.92 Å². The lowest BCUT2D eigenvalue weighted by Gasteiger charge is -2.22. The number of ether oxygens (including phenoxy) is 2. The van der Waals surface area contributed by atoms with E-state index in [1.807, 2.05) is 52.0 Å². The van der Waals surface area contributed by atoms with Gasteiger partial charge in [0.05, 0.1) is 29.7 Å². The van der Waals surface area contributed by atoms with Crippen LogP contribution in [0.1, 0.15) is 53.5 Å². The average Bonchev–Trinajstić information content (AvgIpc) is 3.35. The second kappa shape index (κ2) is 8.57. The van der Waals surface area contributed by atoms with Crippen molar-refractivity contribution in [3.05, 3.63) is 74.6 Å². The molecule has 34 heavy (non-hydrogen) atoms. The number of amides is 1. The summed E-state index contributed by atoms with van der Waals surface area (Å²) in [4.78, 5) is 28.7. The number of carbonyl (C=O) groups excluding carboxylic acids is 1. The molecule has 0 aliphatic carbocycles. The third-order valence-corrected chi connectivity index (χ3v) is 6.28. The van der Waals surface area contributed by atoms with Gasteiger partial charge in [0.25, 0.3) is 5.91 Å². The maximum atomic E-state index is 13.7. The first-order valence-electron chi connectivity index (χ1n) is 11.0. The molecule has 8 nitrogen and oxygen atoms in total. The Morgan fingerprint density at radius 2 is 1.82 bits per heavy atom. The van der Waals surface area contributed by atoms with Crippen LogP contribution in [-0.2, 0) is 0 Å². The van der Waals surface area contributed by atoms with E-state index in [0.29, 0.717) is 39.2 Å². The van der Waals surface area contributed by atoms with Crippen LogP contribution < -0.4 is 19.8 Å². The Labute approximate surface area is 199 Å². The van der Waals surface area contributed by atoms with Crippen molar-refractivity contribution in [3.8, 4) is 11.5 Å². The Hall–Kier alpha value is -3.72. The van der Waals surface area contributed by atoms with Gasteiger partial charge in [-0.05, 0) is 57.5 Å². The van der Waals surface area contributed by atoms with Gasteiger partial charge < -0.3 is 13.9 Å². The number of benzene rings is 2. The van der Waals surface area contributed by atoms with Gasteiger partial charge in [-0.25, -0.2) is 0 Å². The van der Waals surface area contributed by atoms with Gasteiger partial charge in [0.2, 0.25) is 10.9 Å². The lowest BCUT2D eigenvalue weighted by Crippen LogP contribution is -2.29. The van der Waals surface area contributed by atoms with Crippen LogP contribution >= 0.6 is 11.3 Å². The van der Waals surface area contributed by atoms with Crippen molar-refractivity contribution < 1.29 is 18.7 Å². The fourth-order valence-electron chi connectivity index (χ4n) is 4.10. The van der Waals surface area contributed by atoms with Gasteiger partial charge in [-0.3, -0.25) is 14.5 Å². The lowest BCUT2D eigenvalue weighted by atomic mass is 9.98. The molecule has 1 amide bonds. The van der Waals surface area contributed by atoms with Gasteiger partial charge in [0, 0.05) is 6.07 Å². The molecule has 0 fully saturated rings. The number of hydrogen-bond acceptors (Lipinski definition) is 8. The van der Waals surface area contributed by atoms with Crippen LogP contribution in [0.3, 0.4) is 0 Å². The minimum Gasteiger partial charge on any atom is -0.494 e. The van der Waals surface area contributed by atoms with Crippen molar-refractivity contribution in [3.63, 3.8) is 0 Å². The van der Waals surface area contributed by atoms with Crippen LogP contribution in [0.15, 0.2) is 51.7 Å². The Bertz CT molecular complexity index is 1440. The predicted molar refractivity (Wildman–Crippen MR) is 129 cm³/mol. The van der Waals surface area contributed by atoms with E-state index in [0.717, 1.165) is 5.56 Å². The normalized spacial score (nSPS) is 15.3. The van der Waals surface area contributed by atoms with Crippen LogP contribution in [-0.4, -0.2) is 28.8 Å². The number of nitrogens with zero attached hydrogens (tertiary/aromatic N) is 3. The van der Waals surface area contributed by atoms with Gasteiger partial charge in [-0.15, -0.1) is 10.2 Å². The Kier molecular flexibility index (Phi) is 5.57. The zero-order valence-electron chi connectivity index (χ0n) is 19.2. The van der Waals surface area contributed by atoms with Crippen LogP contribution in [0.25, 0.3) is 11.0 Å². The molecule has 174 valence electrons. The number of rotatable bonds is 6. The molecular formula is C25H23N3O5S. The van der Waals surface area contributed by atoms with Gasteiger partial charge in [-0.1, -0.05) is 23.5 Å². The summed E-state index contributed by atoms with van der Waals surface area (Å²) in [7, 11) is 0. The number of aryl methyl sites for hydroxylation is 1. The van der Waals surface area contributed by atoms with Crippen molar-refractivity contribution in [1.29, 1.82) is 0 Å². The van der Waals surface area contributed by atoms with E-state index in [4.69, 9.17) is 13.9 Å². The van der Waals surface area contributed by atoms with Crippen LogP contribution in [0.4, 0.5) is 5.13 Å². The van der Waals surface area contributed by atoms with E-state index in [9.17, 15) is 9.59 Å². The molecule has 1 aliphatic rings. The highest BCUT2D eigenvalue weighted by Crippen LogP contribution is 2.42. The highest BCUT2D eigenvalue weighted by atomic mass is 32.1. The standard InChI is InChI=1S/C25H23N3O5S/c1-5-31-17-10-11-18-19(12-17)33-23-20(22(18)29)21(15-6-8-16(9-7-15)32-13(2)3)28(24(23)30)25-27-26-14(4)34-25/h6-13,21H,5H2,1-4H3. The molecule has 0 saturated heterocycles. The van der Waals surface area contributed by atoms with E-state index in [2.05, 4.69) is 10.2 Å². The molecule has 3 heterocycles. The van der Waals surface area contributed by atoms with E-state index >= 15 is 0 Å². The molecule has 2 aromatic carbocycles. The molecule has 1 aliphatic heterocycles. The SMILES string of the molecule is CCOc1ccc2c(=O)c3c(oc2c1)C(=O)N(c1nnc(C)s1)C3c1ccc(OC(C)C)cc1. The van der Waals surface area contributed by atoms with E-state index < -0.39 is 11.9 Å². The average molecular weight is 478 g/mol. The quantitative estimate of drug-likeness (QED) is 0.390. The molecule has 0 N–H and O–H groups in total. The van der Waals surface area contributed by atoms with E-state index in [1.165, 1.54) is 16.2 Å². The molecule has 5 rings (SSSR count). The molecule has 1 atom stereocenters. The number of anilines is 1. The topological polar surface area (TPSA) is 94.8 Å². The van der Waals surface area contributed by atoms with Crippen molar-refractivity contribution in [2.75, 3.05) is 11.5 Å². The Morgan fingerprint density at radius 3 is 2.47 bits per heavy atom. The molecule has 0 bridgehead atoms. The minimum absolute atomic E-state index is 0.00603. The third kappa shape index (κ3) is 3.71. The smallest absolute Gasteiger partial charge is 0.297 e.